The molecule has 6 heteroatoms. The number of nitrogens with zero attached hydrogens (tertiary/aromatic N) is 2. The van der Waals surface area contributed by atoms with Crippen molar-refractivity contribution in [1.29, 1.82) is 0 Å². The highest BCUT2D eigenvalue weighted by molar-refractivity contribution is 5.78. The average Bonchev–Trinajstić information content (AvgIpc) is 2.59. The predicted molar refractivity (Wildman–Crippen MR) is 91.4 cm³/mol. The second-order valence-electron chi connectivity index (χ2n) is 5.84. The molecule has 2 N–H and O–H groups in total. The first-order valence-electron chi connectivity index (χ1n) is 7.93. The van der Waals surface area contributed by atoms with Gasteiger partial charge in [-0.05, 0) is 30.9 Å². The quantitative estimate of drug-likeness (QED) is 0.665. The van der Waals surface area contributed by atoms with Gasteiger partial charge in [0.2, 0.25) is 5.75 Å². The van der Waals surface area contributed by atoms with E-state index in [9.17, 15) is 0 Å². The maximum Gasteiger partial charge on any atom is 0.203 e. The van der Waals surface area contributed by atoms with Gasteiger partial charge in [0.1, 0.15) is 0 Å². The van der Waals surface area contributed by atoms with Gasteiger partial charge in [0, 0.05) is 18.7 Å². The number of methoxy groups -OCH3 is 3. The first-order valence-corrected chi connectivity index (χ1v) is 7.93. The van der Waals surface area contributed by atoms with Crippen molar-refractivity contribution in [2.24, 2.45) is 16.6 Å². The van der Waals surface area contributed by atoms with E-state index >= 15 is 0 Å². The molecule has 1 heterocycles. The number of hydrogen-bond donors (Lipinski definition) is 1. The summed E-state index contributed by atoms with van der Waals surface area (Å²) in [6, 6.07) is 3.78. The molecule has 0 saturated carbocycles. The molecule has 1 aromatic carbocycles. The van der Waals surface area contributed by atoms with Crippen molar-refractivity contribution in [3.63, 3.8) is 0 Å². The molecular formula is C17H27N3O3. The monoisotopic (exact) mass is 321 g/mol. The summed E-state index contributed by atoms with van der Waals surface area (Å²) in [5.41, 5.74) is 7.05. The zero-order valence-corrected chi connectivity index (χ0v) is 14.5. The van der Waals surface area contributed by atoms with Gasteiger partial charge in [0.15, 0.2) is 17.5 Å². The summed E-state index contributed by atoms with van der Waals surface area (Å²) in [6.07, 6.45) is 2.33. The SMILES string of the molecule is COc1ccc(CN=C(N)N2CCC(C)CC2)c(OC)c1OC. The van der Waals surface area contributed by atoms with E-state index in [0.717, 1.165) is 37.4 Å². The second kappa shape index (κ2) is 7.94. The van der Waals surface area contributed by atoms with Crippen LogP contribution >= 0.6 is 0 Å². The molecule has 1 aliphatic heterocycles. The van der Waals surface area contributed by atoms with Crippen LogP contribution < -0.4 is 19.9 Å². The Hall–Kier alpha value is -2.11. The number of nitrogens with two attached hydrogens (primary N) is 1. The van der Waals surface area contributed by atoms with Gasteiger partial charge in [-0.15, -0.1) is 0 Å². The maximum absolute atomic E-state index is 6.14. The lowest BCUT2D eigenvalue weighted by molar-refractivity contribution is 0.277. The van der Waals surface area contributed by atoms with Crippen LogP contribution in [0.5, 0.6) is 17.2 Å². The summed E-state index contributed by atoms with van der Waals surface area (Å²) in [6.45, 7) is 4.67. The summed E-state index contributed by atoms with van der Waals surface area (Å²) in [7, 11) is 4.81. The molecule has 0 amide bonds. The summed E-state index contributed by atoms with van der Waals surface area (Å²) in [5.74, 6) is 3.21. The molecule has 0 atom stereocenters. The molecular weight excluding hydrogens is 294 g/mol. The van der Waals surface area contributed by atoms with E-state index < -0.39 is 0 Å². The molecule has 1 saturated heterocycles. The Morgan fingerprint density at radius 2 is 1.78 bits per heavy atom. The van der Waals surface area contributed by atoms with Gasteiger partial charge in [0.05, 0.1) is 27.9 Å². The van der Waals surface area contributed by atoms with Crippen LogP contribution in [0.4, 0.5) is 0 Å². The Labute approximate surface area is 138 Å². The molecule has 0 radical (unpaired) electrons. The van der Waals surface area contributed by atoms with Crippen molar-refractivity contribution in [2.75, 3.05) is 34.4 Å². The fourth-order valence-electron chi connectivity index (χ4n) is 2.79. The van der Waals surface area contributed by atoms with Gasteiger partial charge in [0.25, 0.3) is 0 Å². The highest BCUT2D eigenvalue weighted by Gasteiger charge is 2.18. The van der Waals surface area contributed by atoms with Crippen molar-refractivity contribution < 1.29 is 14.2 Å². The van der Waals surface area contributed by atoms with E-state index in [1.54, 1.807) is 21.3 Å². The van der Waals surface area contributed by atoms with Crippen LogP contribution in [0.1, 0.15) is 25.3 Å². The van der Waals surface area contributed by atoms with Gasteiger partial charge < -0.3 is 24.8 Å². The van der Waals surface area contributed by atoms with E-state index in [-0.39, 0.29) is 0 Å². The zero-order chi connectivity index (χ0) is 16.8. The lowest BCUT2D eigenvalue weighted by Gasteiger charge is -2.31. The van der Waals surface area contributed by atoms with Gasteiger partial charge in [-0.3, -0.25) is 0 Å². The van der Waals surface area contributed by atoms with Gasteiger partial charge in [-0.1, -0.05) is 6.92 Å². The highest BCUT2D eigenvalue weighted by atomic mass is 16.5. The third kappa shape index (κ3) is 4.00. The minimum Gasteiger partial charge on any atom is -0.493 e. The molecule has 23 heavy (non-hydrogen) atoms. The minimum atomic E-state index is 0.446. The number of benzene rings is 1. The van der Waals surface area contributed by atoms with Crippen LogP contribution in [0.3, 0.4) is 0 Å². The van der Waals surface area contributed by atoms with E-state index in [1.807, 2.05) is 12.1 Å². The molecule has 6 nitrogen and oxygen atoms in total. The second-order valence-corrected chi connectivity index (χ2v) is 5.84. The smallest absolute Gasteiger partial charge is 0.203 e. The number of piperidine rings is 1. The molecule has 0 bridgehead atoms. The van der Waals surface area contributed by atoms with Crippen molar-refractivity contribution in [1.82, 2.24) is 4.90 Å². The molecule has 0 unspecified atom stereocenters. The molecule has 1 aromatic rings. The Morgan fingerprint density at radius 3 is 2.35 bits per heavy atom. The summed E-state index contributed by atoms with van der Waals surface area (Å²) in [5, 5.41) is 0. The number of ether oxygens (including phenoxy) is 3. The Bertz CT molecular complexity index is 552. The van der Waals surface area contributed by atoms with Gasteiger partial charge >= 0.3 is 0 Å². The predicted octanol–water partition coefficient (Wildman–Crippen LogP) is 2.26. The van der Waals surface area contributed by atoms with Crippen LogP contribution in [0, 0.1) is 5.92 Å². The van der Waals surface area contributed by atoms with Crippen LogP contribution in [0.15, 0.2) is 17.1 Å². The molecule has 0 aliphatic carbocycles. The first-order chi connectivity index (χ1) is 11.1. The van der Waals surface area contributed by atoms with E-state index in [4.69, 9.17) is 19.9 Å². The normalized spacial score (nSPS) is 16.3. The third-order valence-electron chi connectivity index (χ3n) is 4.30. The van der Waals surface area contributed by atoms with E-state index in [0.29, 0.717) is 29.8 Å². The van der Waals surface area contributed by atoms with Gasteiger partial charge in [-0.2, -0.15) is 0 Å². The van der Waals surface area contributed by atoms with Crippen LogP contribution in [0.2, 0.25) is 0 Å². The molecule has 0 spiro atoms. The fraction of sp³-hybridized carbons (Fsp3) is 0.588. The van der Waals surface area contributed by atoms with E-state index in [2.05, 4.69) is 16.8 Å². The topological polar surface area (TPSA) is 69.3 Å². The number of likely N-dealkylation sites (tertiary alicyclic amines) is 1. The minimum absolute atomic E-state index is 0.446. The molecule has 2 rings (SSSR count). The first kappa shape index (κ1) is 17.2. The molecule has 128 valence electrons. The molecule has 1 aliphatic rings. The summed E-state index contributed by atoms with van der Waals surface area (Å²) in [4.78, 5) is 6.67. The van der Waals surface area contributed by atoms with Crippen LogP contribution in [0.25, 0.3) is 0 Å². The maximum atomic E-state index is 6.14. The highest BCUT2D eigenvalue weighted by Crippen LogP contribution is 2.39. The number of hydrogen-bond acceptors (Lipinski definition) is 4. The number of rotatable bonds is 5. The molecule has 1 fully saturated rings. The van der Waals surface area contributed by atoms with Crippen molar-refractivity contribution >= 4 is 5.96 Å². The lowest BCUT2D eigenvalue weighted by Crippen LogP contribution is -2.42. The lowest BCUT2D eigenvalue weighted by atomic mass is 10.00. The van der Waals surface area contributed by atoms with Crippen molar-refractivity contribution in [3.05, 3.63) is 17.7 Å². The number of aliphatic imine (C=N–C) groups is 1. The summed E-state index contributed by atoms with van der Waals surface area (Å²) >= 11 is 0. The summed E-state index contributed by atoms with van der Waals surface area (Å²) < 4.78 is 16.2. The van der Waals surface area contributed by atoms with Crippen LogP contribution in [-0.2, 0) is 6.54 Å². The Kier molecular flexibility index (Phi) is 5.96. The Balaban J connectivity index is 2.14. The van der Waals surface area contributed by atoms with Gasteiger partial charge in [-0.25, -0.2) is 4.99 Å². The number of guanidine groups is 1. The largest absolute Gasteiger partial charge is 0.493 e. The van der Waals surface area contributed by atoms with Crippen LogP contribution in [-0.4, -0.2) is 45.3 Å². The fourth-order valence-corrected chi connectivity index (χ4v) is 2.79. The van der Waals surface area contributed by atoms with Crippen molar-refractivity contribution in [2.45, 2.75) is 26.3 Å². The van der Waals surface area contributed by atoms with E-state index in [1.165, 1.54) is 0 Å². The zero-order valence-electron chi connectivity index (χ0n) is 14.5. The average molecular weight is 321 g/mol. The van der Waals surface area contributed by atoms with Crippen molar-refractivity contribution in [3.8, 4) is 17.2 Å². The standard InChI is InChI=1S/C17H27N3O3/c1-12-7-9-20(10-8-12)17(18)19-11-13-5-6-14(21-2)16(23-4)15(13)22-3/h5-6,12H,7-11H2,1-4H3,(H2,18,19). The Morgan fingerprint density at radius 1 is 1.13 bits per heavy atom. The molecule has 0 aromatic heterocycles. The third-order valence-corrected chi connectivity index (χ3v) is 4.30.